The van der Waals surface area contributed by atoms with E-state index in [0.717, 1.165) is 0 Å². The highest BCUT2D eigenvalue weighted by Gasteiger charge is 2.16. The van der Waals surface area contributed by atoms with E-state index in [4.69, 9.17) is 5.73 Å². The molecule has 5 nitrogen and oxygen atoms in total. The third-order valence-corrected chi connectivity index (χ3v) is 2.91. The molecule has 1 aromatic heterocycles. The average Bonchev–Trinajstić information content (AvgIpc) is 2.79. The van der Waals surface area contributed by atoms with E-state index < -0.39 is 5.82 Å². The number of hydrogen-bond acceptors (Lipinski definition) is 4. The van der Waals surface area contributed by atoms with Crippen molar-refractivity contribution in [1.29, 1.82) is 0 Å². The standard InChI is InChI=1S/C14H17FN4O/c1-9(2)7-19-13(17-8-18-19)6-12(20)10-4-3-5-11(15)14(10)16/h3-5,8-9H,6-7,16H2,1-2H3. The molecule has 2 N–H and O–H groups in total. The largest absolute Gasteiger partial charge is 0.396 e. The van der Waals surface area contributed by atoms with Crippen molar-refractivity contribution in [3.8, 4) is 0 Å². The Balaban J connectivity index is 2.20. The van der Waals surface area contributed by atoms with Gasteiger partial charge in [0.25, 0.3) is 0 Å². The molecule has 6 heteroatoms. The van der Waals surface area contributed by atoms with Gasteiger partial charge in [0.1, 0.15) is 18.0 Å². The van der Waals surface area contributed by atoms with E-state index in [1.54, 1.807) is 4.68 Å². The quantitative estimate of drug-likeness (QED) is 0.670. The molecule has 0 aliphatic heterocycles. The summed E-state index contributed by atoms with van der Waals surface area (Å²) in [7, 11) is 0. The van der Waals surface area contributed by atoms with E-state index in [1.807, 2.05) is 0 Å². The highest BCUT2D eigenvalue weighted by atomic mass is 19.1. The highest BCUT2D eigenvalue weighted by molar-refractivity contribution is 6.01. The molecule has 106 valence electrons. The summed E-state index contributed by atoms with van der Waals surface area (Å²) < 4.78 is 15.1. The fourth-order valence-electron chi connectivity index (χ4n) is 1.94. The van der Waals surface area contributed by atoms with Crippen LogP contribution in [0.2, 0.25) is 0 Å². The summed E-state index contributed by atoms with van der Waals surface area (Å²) in [6.45, 7) is 4.79. The van der Waals surface area contributed by atoms with Gasteiger partial charge in [-0.1, -0.05) is 19.9 Å². The molecule has 0 radical (unpaired) electrons. The van der Waals surface area contributed by atoms with Gasteiger partial charge in [0, 0.05) is 12.1 Å². The summed E-state index contributed by atoms with van der Waals surface area (Å²) in [5.41, 5.74) is 5.66. The molecule has 1 aromatic carbocycles. The maximum Gasteiger partial charge on any atom is 0.172 e. The Morgan fingerprint density at radius 2 is 2.20 bits per heavy atom. The predicted octanol–water partition coefficient (Wildman–Crippen LogP) is 2.08. The lowest BCUT2D eigenvalue weighted by molar-refractivity contribution is 0.0989. The second kappa shape index (κ2) is 5.81. The van der Waals surface area contributed by atoms with Gasteiger partial charge >= 0.3 is 0 Å². The Hall–Kier alpha value is -2.24. The van der Waals surface area contributed by atoms with Crippen molar-refractivity contribution >= 4 is 11.5 Å². The number of benzene rings is 1. The number of aromatic nitrogens is 3. The smallest absolute Gasteiger partial charge is 0.172 e. The van der Waals surface area contributed by atoms with Crippen LogP contribution in [0.15, 0.2) is 24.5 Å². The van der Waals surface area contributed by atoms with Crippen LogP contribution >= 0.6 is 0 Å². The van der Waals surface area contributed by atoms with E-state index in [1.165, 1.54) is 24.5 Å². The number of para-hydroxylation sites is 1. The van der Waals surface area contributed by atoms with Gasteiger partial charge in [0.05, 0.1) is 12.1 Å². The monoisotopic (exact) mass is 276 g/mol. The molecule has 0 spiro atoms. The number of ketones is 1. The number of carbonyl (C=O) groups excluding carboxylic acids is 1. The first-order valence-electron chi connectivity index (χ1n) is 6.43. The molecule has 2 rings (SSSR count). The van der Waals surface area contributed by atoms with E-state index in [2.05, 4.69) is 23.9 Å². The molecule has 20 heavy (non-hydrogen) atoms. The van der Waals surface area contributed by atoms with Crippen LogP contribution in [-0.4, -0.2) is 20.5 Å². The van der Waals surface area contributed by atoms with Crippen LogP contribution in [0.25, 0.3) is 0 Å². The van der Waals surface area contributed by atoms with Gasteiger partial charge in [-0.05, 0) is 18.1 Å². The summed E-state index contributed by atoms with van der Waals surface area (Å²) >= 11 is 0. The van der Waals surface area contributed by atoms with Gasteiger partial charge in [0.15, 0.2) is 5.78 Å². The van der Waals surface area contributed by atoms with Crippen LogP contribution in [-0.2, 0) is 13.0 Å². The number of rotatable bonds is 5. The third kappa shape index (κ3) is 3.01. The van der Waals surface area contributed by atoms with Crippen molar-refractivity contribution in [2.24, 2.45) is 5.92 Å². The molecule has 0 saturated heterocycles. The fraction of sp³-hybridized carbons (Fsp3) is 0.357. The molecular formula is C14H17FN4O. The Morgan fingerprint density at radius 3 is 2.90 bits per heavy atom. The molecule has 0 unspecified atom stereocenters. The van der Waals surface area contributed by atoms with Gasteiger partial charge in [0.2, 0.25) is 0 Å². The molecule has 0 atom stereocenters. The topological polar surface area (TPSA) is 73.8 Å². The molecule has 0 bridgehead atoms. The summed E-state index contributed by atoms with van der Waals surface area (Å²) in [6.07, 6.45) is 1.47. The van der Waals surface area contributed by atoms with Crippen LogP contribution in [0.4, 0.5) is 10.1 Å². The summed E-state index contributed by atoms with van der Waals surface area (Å²) in [5, 5.41) is 4.09. The zero-order valence-electron chi connectivity index (χ0n) is 11.5. The maximum absolute atomic E-state index is 13.4. The van der Waals surface area contributed by atoms with Crippen LogP contribution < -0.4 is 5.73 Å². The minimum Gasteiger partial charge on any atom is -0.396 e. The van der Waals surface area contributed by atoms with Crippen molar-refractivity contribution in [3.63, 3.8) is 0 Å². The minimum absolute atomic E-state index is 0.0559. The summed E-state index contributed by atoms with van der Waals surface area (Å²) in [4.78, 5) is 16.3. The first-order valence-corrected chi connectivity index (χ1v) is 6.43. The Bertz CT molecular complexity index is 621. The van der Waals surface area contributed by atoms with Crippen molar-refractivity contribution in [1.82, 2.24) is 14.8 Å². The van der Waals surface area contributed by atoms with E-state index in [9.17, 15) is 9.18 Å². The number of anilines is 1. The average molecular weight is 276 g/mol. The maximum atomic E-state index is 13.4. The van der Waals surface area contributed by atoms with Gasteiger partial charge in [-0.25, -0.2) is 14.1 Å². The van der Waals surface area contributed by atoms with E-state index >= 15 is 0 Å². The van der Waals surface area contributed by atoms with Crippen molar-refractivity contribution in [3.05, 3.63) is 41.7 Å². The number of halogens is 1. The second-order valence-corrected chi connectivity index (χ2v) is 5.05. The summed E-state index contributed by atoms with van der Waals surface area (Å²) in [6, 6.07) is 4.22. The van der Waals surface area contributed by atoms with Gasteiger partial charge in [-0.2, -0.15) is 5.10 Å². The van der Waals surface area contributed by atoms with Crippen LogP contribution in [0.5, 0.6) is 0 Å². The number of nitrogens with zero attached hydrogens (tertiary/aromatic N) is 3. The number of nitrogen functional groups attached to an aromatic ring is 1. The number of Topliss-reactive ketones (excluding diaryl/α,β-unsaturated/α-hetero) is 1. The number of carbonyl (C=O) groups is 1. The zero-order chi connectivity index (χ0) is 14.7. The molecule has 1 heterocycles. The molecule has 0 aliphatic carbocycles. The van der Waals surface area contributed by atoms with Crippen LogP contribution in [0.3, 0.4) is 0 Å². The minimum atomic E-state index is -0.584. The molecular weight excluding hydrogens is 259 g/mol. The van der Waals surface area contributed by atoms with Crippen molar-refractivity contribution in [2.45, 2.75) is 26.8 Å². The Labute approximate surface area is 116 Å². The summed E-state index contributed by atoms with van der Waals surface area (Å²) in [5.74, 6) is 0.108. The lowest BCUT2D eigenvalue weighted by atomic mass is 10.1. The predicted molar refractivity (Wildman–Crippen MR) is 73.7 cm³/mol. The van der Waals surface area contributed by atoms with E-state index in [0.29, 0.717) is 18.3 Å². The fourth-order valence-corrected chi connectivity index (χ4v) is 1.94. The second-order valence-electron chi connectivity index (χ2n) is 5.05. The van der Waals surface area contributed by atoms with Gasteiger partial charge < -0.3 is 5.73 Å². The normalized spacial score (nSPS) is 11.0. The third-order valence-electron chi connectivity index (χ3n) is 2.91. The van der Waals surface area contributed by atoms with Crippen molar-refractivity contribution < 1.29 is 9.18 Å². The highest BCUT2D eigenvalue weighted by Crippen LogP contribution is 2.17. The number of nitrogens with two attached hydrogens (primary N) is 1. The Kier molecular flexibility index (Phi) is 4.12. The molecule has 0 fully saturated rings. The first kappa shape index (κ1) is 14.2. The van der Waals surface area contributed by atoms with E-state index in [-0.39, 0.29) is 23.5 Å². The van der Waals surface area contributed by atoms with Crippen LogP contribution in [0, 0.1) is 11.7 Å². The van der Waals surface area contributed by atoms with Gasteiger partial charge in [-0.3, -0.25) is 4.79 Å². The van der Waals surface area contributed by atoms with Crippen LogP contribution in [0.1, 0.15) is 30.0 Å². The van der Waals surface area contributed by atoms with Gasteiger partial charge in [-0.15, -0.1) is 0 Å². The first-order chi connectivity index (χ1) is 9.49. The lowest BCUT2D eigenvalue weighted by Crippen LogP contribution is -2.15. The van der Waals surface area contributed by atoms with Crippen molar-refractivity contribution in [2.75, 3.05) is 5.73 Å². The SMILES string of the molecule is CC(C)Cn1ncnc1CC(=O)c1cccc(F)c1N. The lowest BCUT2D eigenvalue weighted by Gasteiger charge is -2.09. The molecule has 0 saturated carbocycles. The molecule has 0 aliphatic rings. The Morgan fingerprint density at radius 1 is 1.45 bits per heavy atom. The zero-order valence-corrected chi connectivity index (χ0v) is 11.5. The molecule has 2 aromatic rings. The molecule has 0 amide bonds. The number of hydrogen-bond donors (Lipinski definition) is 1.